The van der Waals surface area contributed by atoms with Gasteiger partial charge in [0, 0.05) is 45.1 Å². The van der Waals surface area contributed by atoms with Crippen molar-refractivity contribution in [3.63, 3.8) is 0 Å². The highest BCUT2D eigenvalue weighted by Gasteiger charge is 2.27. The summed E-state index contributed by atoms with van der Waals surface area (Å²) in [4.78, 5) is 34.7. The summed E-state index contributed by atoms with van der Waals surface area (Å²) < 4.78 is 13.2. The van der Waals surface area contributed by atoms with Crippen molar-refractivity contribution in [1.82, 2.24) is 35.0 Å². The monoisotopic (exact) mass is 487 g/mol. The Bertz CT molecular complexity index is 1360. The van der Waals surface area contributed by atoms with Crippen LogP contribution in [0, 0.1) is 0 Å². The lowest BCUT2D eigenvalue weighted by Crippen LogP contribution is -2.47. The van der Waals surface area contributed by atoms with Crippen LogP contribution in [0.25, 0.3) is 11.0 Å². The Kier molecular flexibility index (Phi) is 5.90. The van der Waals surface area contributed by atoms with Gasteiger partial charge in [-0.2, -0.15) is 5.10 Å². The van der Waals surface area contributed by atoms with Gasteiger partial charge >= 0.3 is 0 Å². The summed E-state index contributed by atoms with van der Waals surface area (Å²) in [5, 5.41) is 8.29. The molecular weight excluding hydrogens is 462 g/mol. The molecule has 0 spiro atoms. The number of ether oxygens (including phenoxy) is 2. The zero-order valence-electron chi connectivity index (χ0n) is 19.5. The van der Waals surface area contributed by atoms with Crippen LogP contribution in [-0.2, 0) is 11.3 Å². The zero-order chi connectivity index (χ0) is 24.3. The second-order valence-corrected chi connectivity index (χ2v) is 8.48. The molecule has 5 heterocycles. The molecule has 1 N–H and O–H groups in total. The van der Waals surface area contributed by atoms with E-state index in [0.29, 0.717) is 24.6 Å². The van der Waals surface area contributed by atoms with Gasteiger partial charge in [-0.15, -0.1) is 0 Å². The topological polar surface area (TPSA) is 123 Å². The zero-order valence-corrected chi connectivity index (χ0v) is 19.5. The Balaban J connectivity index is 1.07. The number of para-hydroxylation sites is 2. The predicted molar refractivity (Wildman–Crippen MR) is 131 cm³/mol. The standard InChI is InChI=1S/C24H25N9O3/c34-23(20-15-35-18-4-1-2-5-19(18)36-20)25-8-9-33-22-17(14-30-33)21(28-16-29-22)31-10-12-32(13-11-31)24-26-6-3-7-27-24/h1-7,14,16,20H,8-13,15H2,(H,25,34)/t20-/m1/s1. The number of rotatable bonds is 6. The maximum absolute atomic E-state index is 12.6. The minimum Gasteiger partial charge on any atom is -0.485 e. The van der Waals surface area contributed by atoms with Gasteiger partial charge in [-0.3, -0.25) is 4.79 Å². The van der Waals surface area contributed by atoms with Crippen molar-refractivity contribution in [2.75, 3.05) is 49.1 Å². The number of benzene rings is 1. The molecule has 2 aliphatic rings. The van der Waals surface area contributed by atoms with Crippen LogP contribution in [0.15, 0.2) is 55.2 Å². The molecule has 0 radical (unpaired) electrons. The van der Waals surface area contributed by atoms with Gasteiger partial charge in [0.2, 0.25) is 12.1 Å². The van der Waals surface area contributed by atoms with Gasteiger partial charge in [0.1, 0.15) is 18.8 Å². The van der Waals surface area contributed by atoms with Gasteiger partial charge in [-0.25, -0.2) is 24.6 Å². The number of amides is 1. The Morgan fingerprint density at radius 2 is 1.75 bits per heavy atom. The van der Waals surface area contributed by atoms with Crippen LogP contribution in [0.2, 0.25) is 0 Å². The Hall–Kier alpha value is -4.48. The summed E-state index contributed by atoms with van der Waals surface area (Å²) >= 11 is 0. The van der Waals surface area contributed by atoms with E-state index in [4.69, 9.17) is 9.47 Å². The number of carbonyl (C=O) groups excluding carboxylic acids is 1. The molecule has 1 amide bonds. The molecule has 36 heavy (non-hydrogen) atoms. The summed E-state index contributed by atoms with van der Waals surface area (Å²) in [7, 11) is 0. The van der Waals surface area contributed by atoms with E-state index in [1.54, 1.807) is 35.7 Å². The van der Waals surface area contributed by atoms with E-state index in [-0.39, 0.29) is 12.5 Å². The predicted octanol–water partition coefficient (Wildman–Crippen LogP) is 0.899. The summed E-state index contributed by atoms with van der Waals surface area (Å²) in [5.41, 5.74) is 0.731. The molecular formula is C24H25N9O3. The first-order valence-electron chi connectivity index (χ1n) is 11.9. The molecule has 0 bridgehead atoms. The number of piperazine rings is 1. The smallest absolute Gasteiger partial charge is 0.264 e. The highest BCUT2D eigenvalue weighted by molar-refractivity contribution is 5.87. The number of hydrogen-bond donors (Lipinski definition) is 1. The average Bonchev–Trinajstić information content (AvgIpc) is 3.36. The minimum absolute atomic E-state index is 0.174. The SMILES string of the molecule is O=C(NCCn1ncc2c(N3CCN(c4ncccn4)CC3)ncnc21)[C@H]1COc2ccccc2O1. The van der Waals surface area contributed by atoms with Crippen LogP contribution >= 0.6 is 0 Å². The molecule has 184 valence electrons. The number of nitrogens with zero attached hydrogens (tertiary/aromatic N) is 8. The summed E-state index contributed by atoms with van der Waals surface area (Å²) in [6, 6.07) is 9.14. The Morgan fingerprint density at radius 3 is 2.58 bits per heavy atom. The molecule has 12 nitrogen and oxygen atoms in total. The normalized spacial score (nSPS) is 17.3. The van der Waals surface area contributed by atoms with E-state index in [9.17, 15) is 4.79 Å². The second-order valence-electron chi connectivity index (χ2n) is 8.48. The lowest BCUT2D eigenvalue weighted by Gasteiger charge is -2.35. The van der Waals surface area contributed by atoms with E-state index in [2.05, 4.69) is 40.2 Å². The van der Waals surface area contributed by atoms with Crippen LogP contribution in [0.4, 0.5) is 11.8 Å². The van der Waals surface area contributed by atoms with Crippen molar-refractivity contribution in [3.05, 3.63) is 55.2 Å². The molecule has 6 rings (SSSR count). The van der Waals surface area contributed by atoms with Gasteiger partial charge in [-0.05, 0) is 18.2 Å². The highest BCUT2D eigenvalue weighted by atomic mass is 16.6. The molecule has 1 fully saturated rings. The molecule has 1 saturated heterocycles. The van der Waals surface area contributed by atoms with Gasteiger partial charge in [-0.1, -0.05) is 12.1 Å². The summed E-state index contributed by atoms with van der Waals surface area (Å²) in [5.74, 6) is 2.60. The number of hydrogen-bond acceptors (Lipinski definition) is 10. The Morgan fingerprint density at radius 1 is 0.972 bits per heavy atom. The second kappa shape index (κ2) is 9.64. The quantitative estimate of drug-likeness (QED) is 0.420. The third-order valence-corrected chi connectivity index (χ3v) is 6.25. The fourth-order valence-electron chi connectivity index (χ4n) is 4.42. The molecule has 3 aromatic heterocycles. The van der Waals surface area contributed by atoms with Crippen LogP contribution in [-0.4, -0.2) is 81.1 Å². The fourth-order valence-corrected chi connectivity index (χ4v) is 4.42. The molecule has 0 saturated carbocycles. The fraction of sp³-hybridized carbons (Fsp3) is 0.333. The van der Waals surface area contributed by atoms with Crippen molar-refractivity contribution in [3.8, 4) is 11.5 Å². The molecule has 0 aliphatic carbocycles. The molecule has 1 atom stereocenters. The van der Waals surface area contributed by atoms with Gasteiger partial charge in [0.15, 0.2) is 17.1 Å². The first-order chi connectivity index (χ1) is 17.8. The van der Waals surface area contributed by atoms with Crippen LogP contribution in [0.3, 0.4) is 0 Å². The molecule has 1 aromatic carbocycles. The van der Waals surface area contributed by atoms with Gasteiger partial charge in [0.25, 0.3) is 5.91 Å². The summed E-state index contributed by atoms with van der Waals surface area (Å²) in [6.45, 7) is 4.20. The number of nitrogens with one attached hydrogen (secondary N) is 1. The van der Waals surface area contributed by atoms with Crippen molar-refractivity contribution in [2.45, 2.75) is 12.6 Å². The lowest BCUT2D eigenvalue weighted by atomic mass is 10.2. The van der Waals surface area contributed by atoms with E-state index in [1.807, 2.05) is 24.3 Å². The van der Waals surface area contributed by atoms with Crippen molar-refractivity contribution < 1.29 is 14.3 Å². The van der Waals surface area contributed by atoms with Crippen LogP contribution in [0.5, 0.6) is 11.5 Å². The summed E-state index contributed by atoms with van der Waals surface area (Å²) in [6.07, 6.45) is 6.17. The lowest BCUT2D eigenvalue weighted by molar-refractivity contribution is -0.130. The largest absolute Gasteiger partial charge is 0.485 e. The number of aromatic nitrogens is 6. The van der Waals surface area contributed by atoms with Gasteiger partial charge in [0.05, 0.1) is 18.1 Å². The van der Waals surface area contributed by atoms with Crippen LogP contribution in [0.1, 0.15) is 0 Å². The molecule has 12 heteroatoms. The minimum atomic E-state index is -0.692. The maximum Gasteiger partial charge on any atom is 0.264 e. The number of fused-ring (bicyclic) bond motifs is 2. The average molecular weight is 488 g/mol. The van der Waals surface area contributed by atoms with E-state index >= 15 is 0 Å². The van der Waals surface area contributed by atoms with Crippen LogP contribution < -0.4 is 24.6 Å². The number of carbonyl (C=O) groups is 1. The third-order valence-electron chi connectivity index (χ3n) is 6.25. The highest BCUT2D eigenvalue weighted by Crippen LogP contribution is 2.31. The van der Waals surface area contributed by atoms with Crippen molar-refractivity contribution >= 4 is 28.7 Å². The van der Waals surface area contributed by atoms with Crippen molar-refractivity contribution in [1.29, 1.82) is 0 Å². The van der Waals surface area contributed by atoms with E-state index in [1.165, 1.54) is 0 Å². The van der Waals surface area contributed by atoms with Gasteiger partial charge < -0.3 is 24.6 Å². The first-order valence-corrected chi connectivity index (χ1v) is 11.9. The third kappa shape index (κ3) is 4.32. The molecule has 4 aromatic rings. The first kappa shape index (κ1) is 22.0. The van der Waals surface area contributed by atoms with E-state index in [0.717, 1.165) is 49.0 Å². The maximum atomic E-state index is 12.6. The Labute approximate surface area is 206 Å². The van der Waals surface area contributed by atoms with Crippen molar-refractivity contribution in [2.24, 2.45) is 0 Å². The number of anilines is 2. The molecule has 0 unspecified atom stereocenters. The molecule has 2 aliphatic heterocycles. The van der Waals surface area contributed by atoms with E-state index < -0.39 is 6.10 Å².